The molecule has 1 rings (SSSR count). The third-order valence-electron chi connectivity index (χ3n) is 3.15. The van der Waals surface area contributed by atoms with E-state index in [0.717, 1.165) is 17.9 Å². The minimum absolute atomic E-state index is 0.348. The van der Waals surface area contributed by atoms with E-state index in [1.807, 2.05) is 12.1 Å². The highest BCUT2D eigenvalue weighted by Gasteiger charge is 2.11. The van der Waals surface area contributed by atoms with Gasteiger partial charge in [-0.25, -0.2) is 0 Å². The lowest BCUT2D eigenvalue weighted by atomic mass is 10.0. The standard InChI is InChI=1S/C15H25NOS/c1-5-14(16-6-2)11-18(17)15-9-7-13(8-10-15)12(3)4/h7-10,12,14,16H,5-6,11H2,1-4H3. The third kappa shape index (κ3) is 4.54. The SMILES string of the molecule is CCNC(CC)CS(=O)c1ccc(C(C)C)cc1. The molecule has 0 spiro atoms. The first-order valence-electron chi connectivity index (χ1n) is 6.80. The highest BCUT2D eigenvalue weighted by atomic mass is 32.2. The molecule has 1 N–H and O–H groups in total. The summed E-state index contributed by atoms with van der Waals surface area (Å²) in [6.45, 7) is 9.49. The van der Waals surface area contributed by atoms with Gasteiger partial charge < -0.3 is 5.32 Å². The lowest BCUT2D eigenvalue weighted by Crippen LogP contribution is -2.33. The molecule has 0 radical (unpaired) electrons. The summed E-state index contributed by atoms with van der Waals surface area (Å²) in [6, 6.07) is 8.53. The fourth-order valence-corrected chi connectivity index (χ4v) is 3.24. The van der Waals surface area contributed by atoms with Crippen molar-refractivity contribution < 1.29 is 4.21 Å². The van der Waals surface area contributed by atoms with Gasteiger partial charge in [0.2, 0.25) is 0 Å². The first-order valence-corrected chi connectivity index (χ1v) is 8.12. The third-order valence-corrected chi connectivity index (χ3v) is 4.65. The van der Waals surface area contributed by atoms with Gasteiger partial charge in [-0.2, -0.15) is 0 Å². The van der Waals surface area contributed by atoms with Crippen molar-refractivity contribution in [1.29, 1.82) is 0 Å². The Bertz CT molecular complexity index is 373. The number of hydrogen-bond acceptors (Lipinski definition) is 2. The van der Waals surface area contributed by atoms with E-state index in [2.05, 4.69) is 45.1 Å². The van der Waals surface area contributed by atoms with Crippen LogP contribution in [0.1, 0.15) is 45.6 Å². The predicted molar refractivity (Wildman–Crippen MR) is 79.6 cm³/mol. The quantitative estimate of drug-likeness (QED) is 0.821. The zero-order valence-corrected chi connectivity index (χ0v) is 12.7. The molecule has 18 heavy (non-hydrogen) atoms. The zero-order chi connectivity index (χ0) is 13.5. The van der Waals surface area contributed by atoms with Gasteiger partial charge in [0.05, 0.1) is 10.8 Å². The molecule has 0 fully saturated rings. The lowest BCUT2D eigenvalue weighted by molar-refractivity contribution is 0.553. The van der Waals surface area contributed by atoms with Gasteiger partial charge in [0.15, 0.2) is 0 Å². The molecular weight excluding hydrogens is 242 g/mol. The second kappa shape index (κ2) is 7.70. The number of rotatable bonds is 7. The van der Waals surface area contributed by atoms with Crippen LogP contribution in [0.25, 0.3) is 0 Å². The van der Waals surface area contributed by atoms with Gasteiger partial charge >= 0.3 is 0 Å². The molecule has 0 saturated heterocycles. The molecule has 0 aliphatic rings. The van der Waals surface area contributed by atoms with Crippen LogP contribution in [0.3, 0.4) is 0 Å². The molecule has 0 saturated carbocycles. The Morgan fingerprint density at radius 1 is 1.17 bits per heavy atom. The molecule has 3 heteroatoms. The minimum Gasteiger partial charge on any atom is -0.313 e. The fraction of sp³-hybridized carbons (Fsp3) is 0.600. The van der Waals surface area contributed by atoms with E-state index in [0.29, 0.717) is 17.7 Å². The maximum absolute atomic E-state index is 12.2. The van der Waals surface area contributed by atoms with Gasteiger partial charge in [-0.15, -0.1) is 0 Å². The smallest absolute Gasteiger partial charge is 0.0545 e. The van der Waals surface area contributed by atoms with E-state index in [4.69, 9.17) is 0 Å². The minimum atomic E-state index is -0.899. The summed E-state index contributed by atoms with van der Waals surface area (Å²) in [4.78, 5) is 0.941. The van der Waals surface area contributed by atoms with E-state index in [-0.39, 0.29) is 0 Å². The van der Waals surface area contributed by atoms with Crippen LogP contribution in [0.15, 0.2) is 29.2 Å². The van der Waals surface area contributed by atoms with Crippen LogP contribution in [0.5, 0.6) is 0 Å². The van der Waals surface area contributed by atoms with E-state index in [1.54, 1.807) is 0 Å². The van der Waals surface area contributed by atoms with Crippen molar-refractivity contribution in [2.24, 2.45) is 0 Å². The van der Waals surface area contributed by atoms with E-state index in [9.17, 15) is 4.21 Å². The molecule has 0 heterocycles. The summed E-state index contributed by atoms with van der Waals surface area (Å²) in [7, 11) is -0.899. The van der Waals surface area contributed by atoms with Crippen LogP contribution in [-0.2, 0) is 10.8 Å². The summed E-state index contributed by atoms with van der Waals surface area (Å²) in [6.07, 6.45) is 1.02. The second-order valence-corrected chi connectivity index (χ2v) is 6.39. The highest BCUT2D eigenvalue weighted by molar-refractivity contribution is 7.85. The second-order valence-electron chi connectivity index (χ2n) is 4.90. The summed E-state index contributed by atoms with van der Waals surface area (Å²) < 4.78 is 12.2. The maximum atomic E-state index is 12.2. The van der Waals surface area contributed by atoms with Gasteiger partial charge in [0.1, 0.15) is 0 Å². The van der Waals surface area contributed by atoms with E-state index >= 15 is 0 Å². The maximum Gasteiger partial charge on any atom is 0.0545 e. The number of nitrogens with one attached hydrogen (secondary N) is 1. The molecule has 1 aromatic carbocycles. The summed E-state index contributed by atoms with van der Waals surface area (Å²) in [5.74, 6) is 1.23. The fourth-order valence-electron chi connectivity index (χ4n) is 1.89. The van der Waals surface area contributed by atoms with Gasteiger partial charge in [-0.05, 0) is 36.6 Å². The largest absolute Gasteiger partial charge is 0.313 e. The Labute approximate surface area is 114 Å². The van der Waals surface area contributed by atoms with Crippen molar-refractivity contribution in [2.75, 3.05) is 12.3 Å². The monoisotopic (exact) mass is 267 g/mol. The van der Waals surface area contributed by atoms with Crippen LogP contribution < -0.4 is 5.32 Å². The van der Waals surface area contributed by atoms with Crippen LogP contribution in [-0.4, -0.2) is 22.5 Å². The molecule has 0 aliphatic carbocycles. The molecule has 2 atom stereocenters. The molecule has 0 aromatic heterocycles. The summed E-state index contributed by atoms with van der Waals surface area (Å²) in [5.41, 5.74) is 1.30. The van der Waals surface area contributed by atoms with Gasteiger partial charge in [0, 0.05) is 16.7 Å². The van der Waals surface area contributed by atoms with Gasteiger partial charge in [-0.1, -0.05) is 39.8 Å². The van der Waals surface area contributed by atoms with Crippen molar-refractivity contribution in [3.8, 4) is 0 Å². The van der Waals surface area contributed by atoms with Crippen molar-refractivity contribution >= 4 is 10.8 Å². The average Bonchev–Trinajstić information content (AvgIpc) is 2.38. The van der Waals surface area contributed by atoms with Crippen LogP contribution in [0.2, 0.25) is 0 Å². The Kier molecular flexibility index (Phi) is 6.58. The number of benzene rings is 1. The lowest BCUT2D eigenvalue weighted by Gasteiger charge is -2.15. The number of hydrogen-bond donors (Lipinski definition) is 1. The highest BCUT2D eigenvalue weighted by Crippen LogP contribution is 2.17. The summed E-state index contributed by atoms with van der Waals surface area (Å²) >= 11 is 0. The Hall–Kier alpha value is -0.670. The molecule has 2 unspecified atom stereocenters. The molecule has 0 amide bonds. The van der Waals surface area contributed by atoms with Crippen molar-refractivity contribution in [2.45, 2.75) is 51.0 Å². The first-order chi connectivity index (χ1) is 8.58. The molecule has 0 bridgehead atoms. The molecular formula is C15H25NOS. The summed E-state index contributed by atoms with van der Waals surface area (Å²) in [5, 5.41) is 3.37. The zero-order valence-electron chi connectivity index (χ0n) is 11.9. The van der Waals surface area contributed by atoms with Crippen LogP contribution in [0, 0.1) is 0 Å². The predicted octanol–water partition coefficient (Wildman–Crippen LogP) is 3.31. The topological polar surface area (TPSA) is 29.1 Å². The van der Waals surface area contributed by atoms with Gasteiger partial charge in [-0.3, -0.25) is 4.21 Å². The molecule has 1 aromatic rings. The first kappa shape index (κ1) is 15.4. The van der Waals surface area contributed by atoms with Crippen molar-refractivity contribution in [3.63, 3.8) is 0 Å². The van der Waals surface area contributed by atoms with E-state index in [1.165, 1.54) is 5.56 Å². The Balaban J connectivity index is 2.66. The average molecular weight is 267 g/mol. The molecule has 102 valence electrons. The van der Waals surface area contributed by atoms with Crippen molar-refractivity contribution in [1.82, 2.24) is 5.32 Å². The normalized spacial score (nSPS) is 14.7. The molecule has 2 nitrogen and oxygen atoms in total. The Morgan fingerprint density at radius 2 is 1.78 bits per heavy atom. The van der Waals surface area contributed by atoms with Crippen LogP contribution >= 0.6 is 0 Å². The van der Waals surface area contributed by atoms with Gasteiger partial charge in [0.25, 0.3) is 0 Å². The van der Waals surface area contributed by atoms with E-state index < -0.39 is 10.8 Å². The van der Waals surface area contributed by atoms with Crippen LogP contribution in [0.4, 0.5) is 0 Å². The molecule has 0 aliphatic heterocycles. The Morgan fingerprint density at radius 3 is 2.22 bits per heavy atom. The van der Waals surface area contributed by atoms with Crippen molar-refractivity contribution in [3.05, 3.63) is 29.8 Å².